The highest BCUT2D eigenvalue weighted by Gasteiger charge is 2.27. The number of nitrogens with zero attached hydrogens (tertiary/aromatic N) is 1. The minimum Gasteiger partial charge on any atom is -0.497 e. The van der Waals surface area contributed by atoms with E-state index in [2.05, 4.69) is 134 Å². The van der Waals surface area contributed by atoms with Crippen molar-refractivity contribution in [3.05, 3.63) is 132 Å². The van der Waals surface area contributed by atoms with Gasteiger partial charge in [0.25, 0.3) is 0 Å². The summed E-state index contributed by atoms with van der Waals surface area (Å²) < 4.78 is 18.4. The van der Waals surface area contributed by atoms with Crippen LogP contribution in [0.3, 0.4) is 0 Å². The molecule has 0 aliphatic carbocycles. The van der Waals surface area contributed by atoms with Crippen LogP contribution in [0.25, 0.3) is 10.9 Å². The summed E-state index contributed by atoms with van der Waals surface area (Å²) in [7, 11) is 7.24. The zero-order valence-corrected chi connectivity index (χ0v) is 29.2. The molecule has 4 nitrogen and oxygen atoms in total. The van der Waals surface area contributed by atoms with E-state index in [0.29, 0.717) is 12.5 Å². The number of benzene rings is 4. The Balaban J connectivity index is 0.000000379. The van der Waals surface area contributed by atoms with Gasteiger partial charge in [0, 0.05) is 17.5 Å². The van der Waals surface area contributed by atoms with E-state index in [1.807, 2.05) is 0 Å². The monoisotopic (exact) mass is 630 g/mol. The topological polar surface area (TPSA) is 31.6 Å². The third-order valence-corrected chi connectivity index (χ3v) is 9.20. The van der Waals surface area contributed by atoms with Crippen LogP contribution >= 0.6 is 0 Å². The number of hydrogen-bond donors (Lipinski definition) is 0. The first kappa shape index (κ1) is 35.6. The fraction of sp³-hybridized carbons (Fsp3) is 0.357. The fourth-order valence-corrected chi connectivity index (χ4v) is 6.46. The molecule has 5 rings (SSSR count). The van der Waals surface area contributed by atoms with Gasteiger partial charge in [-0.05, 0) is 67.0 Å². The fourth-order valence-electron chi connectivity index (χ4n) is 6.46. The summed E-state index contributed by atoms with van der Waals surface area (Å²) >= 11 is 0. The Morgan fingerprint density at radius 2 is 1.06 bits per heavy atom. The van der Waals surface area contributed by atoms with Gasteiger partial charge in [-0.3, -0.25) is 0 Å². The van der Waals surface area contributed by atoms with Crippen molar-refractivity contribution in [2.24, 2.45) is 7.05 Å². The number of rotatable bonds is 16. The highest BCUT2D eigenvalue weighted by Crippen LogP contribution is 2.31. The van der Waals surface area contributed by atoms with Gasteiger partial charge in [0.2, 0.25) is 5.52 Å². The molecule has 0 N–H and O–H groups in total. The van der Waals surface area contributed by atoms with E-state index in [4.69, 9.17) is 14.2 Å². The minimum atomic E-state index is 0.478. The van der Waals surface area contributed by atoms with Crippen LogP contribution < -0.4 is 18.8 Å². The number of pyridine rings is 1. The molecule has 1 aromatic heterocycles. The molecule has 0 radical (unpaired) electrons. The Hall–Kier alpha value is -4.25. The van der Waals surface area contributed by atoms with E-state index in [0.717, 1.165) is 29.9 Å². The second-order valence-corrected chi connectivity index (χ2v) is 12.5. The van der Waals surface area contributed by atoms with Gasteiger partial charge in [-0.25, -0.2) is 4.57 Å². The maximum absolute atomic E-state index is 5.46. The lowest BCUT2D eigenvalue weighted by Crippen LogP contribution is -2.30. The molecule has 0 spiro atoms. The van der Waals surface area contributed by atoms with Gasteiger partial charge in [0.1, 0.15) is 24.3 Å². The van der Waals surface area contributed by atoms with Crippen molar-refractivity contribution in [2.45, 2.75) is 70.3 Å². The summed E-state index contributed by atoms with van der Waals surface area (Å²) in [5, 5.41) is 1.29. The third kappa shape index (κ3) is 11.2. The second-order valence-electron chi connectivity index (χ2n) is 12.5. The Kier molecular flexibility index (Phi) is 14.7. The van der Waals surface area contributed by atoms with Crippen molar-refractivity contribution in [3.63, 3.8) is 0 Å². The van der Waals surface area contributed by atoms with Crippen LogP contribution in [0.4, 0.5) is 0 Å². The van der Waals surface area contributed by atoms with E-state index in [1.165, 1.54) is 72.5 Å². The quantitative estimate of drug-likeness (QED) is 0.0618. The summed E-state index contributed by atoms with van der Waals surface area (Å²) in [5.74, 6) is 3.21. The summed E-state index contributed by atoms with van der Waals surface area (Å²) in [4.78, 5) is 0. The van der Waals surface area contributed by atoms with E-state index >= 15 is 0 Å². The van der Waals surface area contributed by atoms with Crippen LogP contribution in [0.1, 0.15) is 74.4 Å². The number of ether oxygens (including phenoxy) is 3. The van der Waals surface area contributed by atoms with E-state index in [9.17, 15) is 0 Å². The average molecular weight is 631 g/mol. The van der Waals surface area contributed by atoms with E-state index in [-0.39, 0.29) is 0 Å². The van der Waals surface area contributed by atoms with Gasteiger partial charge in [0.05, 0.1) is 21.3 Å². The van der Waals surface area contributed by atoms with Crippen LogP contribution in [0.2, 0.25) is 0 Å². The van der Waals surface area contributed by atoms with Crippen LogP contribution in [0, 0.1) is 0 Å². The largest absolute Gasteiger partial charge is 0.497 e. The smallest absolute Gasteiger partial charge is 0.212 e. The molecule has 5 heteroatoms. The maximum atomic E-state index is 5.46. The minimum absolute atomic E-state index is 0.478. The first-order valence-corrected chi connectivity index (χ1v) is 17.3. The lowest BCUT2D eigenvalue weighted by Gasteiger charge is -2.26. The molecule has 5 aromatic rings. The number of hydrogen-bond acceptors (Lipinski definition) is 3. The number of fused-ring (bicyclic) bond motifs is 1. The average Bonchev–Trinajstić information content (AvgIpc) is 3.12. The summed E-state index contributed by atoms with van der Waals surface area (Å²) in [6, 6.07) is 38.5. The predicted molar refractivity (Wildman–Crippen MR) is 198 cm³/mol. The number of aromatic nitrogens is 1. The molecule has 1 heterocycles. The Bertz CT molecular complexity index is 1530. The Labute approximate surface area is 283 Å². The summed E-state index contributed by atoms with van der Waals surface area (Å²) in [6.07, 6.45) is 13.2. The van der Waals surface area contributed by atoms with Crippen molar-refractivity contribution in [1.82, 2.24) is 0 Å². The molecule has 4 aromatic carbocycles. The summed E-state index contributed by atoms with van der Waals surface area (Å²) in [5.41, 5.74) is 5.40. The van der Waals surface area contributed by atoms with Crippen molar-refractivity contribution >= 4 is 17.6 Å². The van der Waals surface area contributed by atoms with Crippen LogP contribution in [0.15, 0.2) is 115 Å². The SMILES string of the molecule is CCCCCCCCC(B(Cc1ccc(OC)cc1)Cc1ccc(OC)cc1)c1ccc(OC)cc1.C[n+]1cccc2ccccc21. The molecule has 0 fully saturated rings. The summed E-state index contributed by atoms with van der Waals surface area (Å²) in [6.45, 7) is 2.76. The highest BCUT2D eigenvalue weighted by molar-refractivity contribution is 6.59. The lowest BCUT2D eigenvalue weighted by molar-refractivity contribution is -0.644. The predicted octanol–water partition coefficient (Wildman–Crippen LogP) is 9.81. The standard InChI is InChI=1S/C32H43BO3.C10H10N/c1-5-6-7-8-9-10-11-32(28-16-22-31(36-4)23-17-28)33(24-26-12-18-29(34-2)19-13-26)25-27-14-20-30(35-3)21-15-27;1-11-8-4-6-9-5-2-3-7-10(9)11/h12-23,32H,5-11,24-25H2,1-4H3;2-8H,1H3/q;+1. The molecular weight excluding hydrogens is 577 g/mol. The van der Waals surface area contributed by atoms with Gasteiger partial charge in [-0.2, -0.15) is 0 Å². The number of methoxy groups -OCH3 is 3. The third-order valence-electron chi connectivity index (χ3n) is 9.20. The number of aryl methyl sites for hydroxylation is 1. The van der Waals surface area contributed by atoms with Crippen molar-refractivity contribution < 1.29 is 18.8 Å². The zero-order chi connectivity index (χ0) is 33.3. The van der Waals surface area contributed by atoms with Crippen LogP contribution in [0.5, 0.6) is 17.2 Å². The van der Waals surface area contributed by atoms with Gasteiger partial charge in [0.15, 0.2) is 12.9 Å². The molecular formula is C42H53BNO3+. The van der Waals surface area contributed by atoms with Crippen molar-refractivity contribution in [2.75, 3.05) is 21.3 Å². The molecule has 0 saturated carbocycles. The van der Waals surface area contributed by atoms with Crippen molar-refractivity contribution in [3.8, 4) is 17.2 Å². The van der Waals surface area contributed by atoms with Crippen LogP contribution in [-0.2, 0) is 19.7 Å². The molecule has 0 saturated heterocycles. The molecule has 1 unspecified atom stereocenters. The van der Waals surface area contributed by atoms with Gasteiger partial charge < -0.3 is 14.2 Å². The van der Waals surface area contributed by atoms with Crippen LogP contribution in [-0.4, -0.2) is 28.0 Å². The zero-order valence-electron chi connectivity index (χ0n) is 29.2. The Morgan fingerprint density at radius 3 is 1.60 bits per heavy atom. The van der Waals surface area contributed by atoms with E-state index < -0.39 is 0 Å². The molecule has 1 atom stereocenters. The normalized spacial score (nSPS) is 11.3. The molecule has 47 heavy (non-hydrogen) atoms. The second kappa shape index (κ2) is 19.4. The van der Waals surface area contributed by atoms with Crippen molar-refractivity contribution in [1.29, 1.82) is 0 Å². The van der Waals surface area contributed by atoms with E-state index in [1.54, 1.807) is 21.3 Å². The highest BCUT2D eigenvalue weighted by atomic mass is 16.5. The maximum Gasteiger partial charge on any atom is 0.212 e. The molecule has 0 aliphatic rings. The van der Waals surface area contributed by atoms with Gasteiger partial charge >= 0.3 is 0 Å². The number of para-hydroxylation sites is 1. The molecule has 0 amide bonds. The first-order valence-electron chi connectivity index (χ1n) is 17.3. The van der Waals surface area contributed by atoms with Gasteiger partial charge in [-0.1, -0.05) is 117 Å². The molecule has 246 valence electrons. The molecule has 0 bridgehead atoms. The van der Waals surface area contributed by atoms with Gasteiger partial charge in [-0.15, -0.1) is 0 Å². The molecule has 0 aliphatic heterocycles. The number of unbranched alkanes of at least 4 members (excludes halogenated alkanes) is 5. The first-order chi connectivity index (χ1) is 23.0. The Morgan fingerprint density at radius 1 is 0.574 bits per heavy atom. The lowest BCUT2D eigenvalue weighted by atomic mass is 9.34.